The number of carbonyl (C=O) groups is 2. The van der Waals surface area contributed by atoms with E-state index in [-0.39, 0.29) is 29.3 Å². The Morgan fingerprint density at radius 2 is 1.82 bits per heavy atom. The number of terminal acetylenes is 1. The third kappa shape index (κ3) is 8.19. The van der Waals surface area contributed by atoms with Crippen LogP contribution < -0.4 is 5.32 Å². The van der Waals surface area contributed by atoms with Crippen molar-refractivity contribution in [2.45, 2.75) is 115 Å². The number of anilines is 1. The topological polar surface area (TPSA) is 128 Å². The Balaban J connectivity index is 1.54. The minimum atomic E-state index is -1.57. The first-order valence-corrected chi connectivity index (χ1v) is 14.0. The van der Waals surface area contributed by atoms with Crippen molar-refractivity contribution in [1.29, 1.82) is 0 Å². The van der Waals surface area contributed by atoms with Gasteiger partial charge in [-0.3, -0.25) is 14.2 Å². The second-order valence-electron chi connectivity index (χ2n) is 10.1. The third-order valence-corrected chi connectivity index (χ3v) is 7.04. The van der Waals surface area contributed by atoms with Crippen molar-refractivity contribution in [2.24, 2.45) is 0 Å². The summed E-state index contributed by atoms with van der Waals surface area (Å²) in [7, 11) is 0. The van der Waals surface area contributed by atoms with E-state index < -0.39 is 36.6 Å². The van der Waals surface area contributed by atoms with E-state index >= 15 is 0 Å². The Bertz CT molecular complexity index is 1150. The molecule has 0 saturated carbocycles. The van der Waals surface area contributed by atoms with Gasteiger partial charge in [0.15, 0.2) is 22.6 Å². The lowest BCUT2D eigenvalue weighted by atomic mass is 9.98. The molecule has 3 rings (SSSR count). The number of hydrogen-bond acceptors (Lipinski definition) is 8. The van der Waals surface area contributed by atoms with Crippen LogP contribution in [0.5, 0.6) is 0 Å². The Labute approximate surface area is 229 Å². The van der Waals surface area contributed by atoms with Gasteiger partial charge < -0.3 is 19.9 Å². The largest absolute Gasteiger partial charge is 0.458 e. The summed E-state index contributed by atoms with van der Waals surface area (Å²) in [5, 5.41) is 12.5. The van der Waals surface area contributed by atoms with Crippen LogP contribution >= 0.6 is 0 Å². The maximum absolute atomic E-state index is 14.4. The molecule has 1 aliphatic rings. The van der Waals surface area contributed by atoms with Crippen LogP contribution in [0.4, 0.5) is 10.2 Å². The SMILES string of the molecule is C#CC1(CO)OC(n2cnc3c(NC(=O)CCCCCCCCCCCCC)nc(F)nc32)CC1OC(C)=O. The van der Waals surface area contributed by atoms with Crippen molar-refractivity contribution in [3.63, 3.8) is 0 Å². The van der Waals surface area contributed by atoms with Gasteiger partial charge in [-0.2, -0.15) is 14.4 Å². The molecule has 1 saturated heterocycles. The molecular formula is C28H40FN5O5. The summed E-state index contributed by atoms with van der Waals surface area (Å²) >= 11 is 0. The quantitative estimate of drug-likeness (QED) is 0.133. The summed E-state index contributed by atoms with van der Waals surface area (Å²) in [6.45, 7) is 2.86. The number of carbonyl (C=O) groups excluding carboxylic acids is 2. The third-order valence-electron chi connectivity index (χ3n) is 7.04. The van der Waals surface area contributed by atoms with Gasteiger partial charge in [0.1, 0.15) is 12.3 Å². The number of aromatic nitrogens is 4. The normalized spacial score (nSPS) is 20.7. The second kappa shape index (κ2) is 14.9. The fourth-order valence-electron chi connectivity index (χ4n) is 4.90. The van der Waals surface area contributed by atoms with Gasteiger partial charge >= 0.3 is 12.0 Å². The van der Waals surface area contributed by atoms with Gasteiger partial charge in [0.25, 0.3) is 0 Å². The summed E-state index contributed by atoms with van der Waals surface area (Å²) in [5.74, 6) is 1.48. The number of hydrogen-bond donors (Lipinski definition) is 2. The molecule has 0 radical (unpaired) electrons. The number of fused-ring (bicyclic) bond motifs is 1. The van der Waals surface area contributed by atoms with Crippen LogP contribution in [0.1, 0.15) is 104 Å². The molecule has 0 spiro atoms. The first-order valence-electron chi connectivity index (χ1n) is 14.0. The zero-order valence-electron chi connectivity index (χ0n) is 23.0. The maximum atomic E-state index is 14.4. The summed E-state index contributed by atoms with van der Waals surface area (Å²) in [5.41, 5.74) is -1.31. The molecule has 2 N–H and O–H groups in total. The van der Waals surface area contributed by atoms with Gasteiger partial charge in [0.05, 0.1) is 12.9 Å². The van der Waals surface area contributed by atoms with E-state index in [2.05, 4.69) is 33.1 Å². The number of aliphatic hydroxyl groups excluding tert-OH is 1. The number of esters is 1. The summed E-state index contributed by atoms with van der Waals surface area (Å²) in [6.07, 6.45) is 17.5. The molecule has 1 aliphatic heterocycles. The highest BCUT2D eigenvalue weighted by Crippen LogP contribution is 2.39. The molecule has 3 atom stereocenters. The highest BCUT2D eigenvalue weighted by molar-refractivity contribution is 5.96. The van der Waals surface area contributed by atoms with Gasteiger partial charge in [-0.15, -0.1) is 6.42 Å². The van der Waals surface area contributed by atoms with E-state index in [0.29, 0.717) is 6.42 Å². The molecule has 3 unspecified atom stereocenters. The number of aliphatic hydroxyl groups is 1. The number of nitrogens with zero attached hydrogens (tertiary/aromatic N) is 4. The average Bonchev–Trinajstić information content (AvgIpc) is 3.48. The van der Waals surface area contributed by atoms with E-state index in [9.17, 15) is 19.1 Å². The first kappa shape index (κ1) is 30.4. The van der Waals surface area contributed by atoms with E-state index in [1.54, 1.807) is 0 Å². The average molecular weight is 546 g/mol. The number of amides is 1. The van der Waals surface area contributed by atoms with Crippen molar-refractivity contribution < 1.29 is 28.6 Å². The van der Waals surface area contributed by atoms with Crippen molar-refractivity contribution in [2.75, 3.05) is 11.9 Å². The lowest BCUT2D eigenvalue weighted by Gasteiger charge is -2.26. The number of nitrogens with one attached hydrogen (secondary N) is 1. The second-order valence-corrected chi connectivity index (χ2v) is 10.1. The minimum Gasteiger partial charge on any atom is -0.458 e. The molecule has 0 aromatic carbocycles. The molecule has 0 aliphatic carbocycles. The van der Waals surface area contributed by atoms with Crippen LogP contribution in [0.3, 0.4) is 0 Å². The minimum absolute atomic E-state index is 0.0378. The van der Waals surface area contributed by atoms with Crippen LogP contribution in [0.15, 0.2) is 6.33 Å². The predicted molar refractivity (Wildman–Crippen MR) is 144 cm³/mol. The molecule has 2 aromatic rings. The van der Waals surface area contributed by atoms with E-state index in [1.807, 2.05) is 0 Å². The number of imidazole rings is 1. The van der Waals surface area contributed by atoms with E-state index in [0.717, 1.165) is 19.3 Å². The van der Waals surface area contributed by atoms with Crippen molar-refractivity contribution in [3.8, 4) is 12.3 Å². The van der Waals surface area contributed by atoms with Gasteiger partial charge in [-0.25, -0.2) is 4.98 Å². The van der Waals surface area contributed by atoms with E-state index in [1.165, 1.54) is 69.2 Å². The number of halogens is 1. The smallest absolute Gasteiger partial charge is 0.312 e. The van der Waals surface area contributed by atoms with Crippen molar-refractivity contribution >= 4 is 28.9 Å². The Hall–Kier alpha value is -3.10. The van der Waals surface area contributed by atoms with Crippen LogP contribution in [-0.2, 0) is 19.1 Å². The van der Waals surface area contributed by atoms with Crippen LogP contribution in [0, 0.1) is 18.4 Å². The Kier molecular flexibility index (Phi) is 11.6. The first-order chi connectivity index (χ1) is 18.8. The molecule has 0 bridgehead atoms. The number of rotatable bonds is 16. The molecule has 1 fully saturated rings. The molecule has 11 heteroatoms. The number of unbranched alkanes of at least 4 members (excludes halogenated alkanes) is 10. The maximum Gasteiger partial charge on any atom is 0.312 e. The summed E-state index contributed by atoms with van der Waals surface area (Å²) in [4.78, 5) is 35.9. The number of ether oxygens (including phenoxy) is 2. The zero-order valence-corrected chi connectivity index (χ0v) is 23.0. The van der Waals surface area contributed by atoms with Crippen molar-refractivity contribution in [1.82, 2.24) is 19.5 Å². The van der Waals surface area contributed by atoms with Gasteiger partial charge in [0, 0.05) is 19.8 Å². The van der Waals surface area contributed by atoms with Gasteiger partial charge in [-0.05, 0) is 6.42 Å². The highest BCUT2D eigenvalue weighted by atomic mass is 19.1. The highest BCUT2D eigenvalue weighted by Gasteiger charge is 2.50. The van der Waals surface area contributed by atoms with Crippen LogP contribution in [0.2, 0.25) is 0 Å². The van der Waals surface area contributed by atoms with Crippen LogP contribution in [-0.4, -0.2) is 54.8 Å². The summed E-state index contributed by atoms with van der Waals surface area (Å²) in [6, 6.07) is 0. The monoisotopic (exact) mass is 545 g/mol. The molecule has 214 valence electrons. The lowest BCUT2D eigenvalue weighted by molar-refractivity contribution is -0.156. The van der Waals surface area contributed by atoms with Gasteiger partial charge in [0.2, 0.25) is 5.91 Å². The van der Waals surface area contributed by atoms with Crippen LogP contribution in [0.25, 0.3) is 11.2 Å². The lowest BCUT2D eigenvalue weighted by Crippen LogP contribution is -2.43. The van der Waals surface area contributed by atoms with Gasteiger partial charge in [-0.1, -0.05) is 77.1 Å². The summed E-state index contributed by atoms with van der Waals surface area (Å²) < 4.78 is 27.0. The fraction of sp³-hybridized carbons (Fsp3) is 0.679. The fourth-order valence-corrected chi connectivity index (χ4v) is 4.90. The molecule has 39 heavy (non-hydrogen) atoms. The molecule has 2 aromatic heterocycles. The Morgan fingerprint density at radius 1 is 1.18 bits per heavy atom. The Morgan fingerprint density at radius 3 is 2.41 bits per heavy atom. The zero-order chi connectivity index (χ0) is 28.3. The molecular weight excluding hydrogens is 505 g/mol. The molecule has 3 heterocycles. The molecule has 1 amide bonds. The van der Waals surface area contributed by atoms with Crippen molar-refractivity contribution in [3.05, 3.63) is 12.4 Å². The standard InChI is InChI=1S/C28H40FN5O5/c1-4-6-7-8-9-10-11-12-13-14-15-16-22(37)31-25-24-26(33-27(29)32-25)34(19-30-24)23-17-21(38-20(3)36)28(5-2,18-35)39-23/h2,19,21,23,35H,4,6-18H2,1,3H3,(H,31,32,33,37). The predicted octanol–water partition coefficient (Wildman–Crippen LogP) is 4.82. The molecule has 10 nitrogen and oxygen atoms in total. The van der Waals surface area contributed by atoms with E-state index in [4.69, 9.17) is 15.9 Å².